The van der Waals surface area contributed by atoms with Gasteiger partial charge in [0.15, 0.2) is 0 Å². The second-order valence-electron chi connectivity index (χ2n) is 9.93. The normalized spacial score (nSPS) is 18.8. The summed E-state index contributed by atoms with van der Waals surface area (Å²) >= 11 is 0. The summed E-state index contributed by atoms with van der Waals surface area (Å²) < 4.78 is 52.5. The van der Waals surface area contributed by atoms with Gasteiger partial charge in [-0.1, -0.05) is 11.3 Å². The molecule has 3 aromatic heterocycles. The Bertz CT molecular complexity index is 1440. The Morgan fingerprint density at radius 2 is 1.97 bits per heavy atom. The number of likely N-dealkylation sites (tertiary alicyclic amines) is 1. The number of alkyl halides is 3. The lowest BCUT2D eigenvalue weighted by Gasteiger charge is -2.49. The molecule has 0 amide bonds. The predicted molar refractivity (Wildman–Crippen MR) is 130 cm³/mol. The van der Waals surface area contributed by atoms with Crippen LogP contribution in [0.1, 0.15) is 19.8 Å². The van der Waals surface area contributed by atoms with E-state index in [0.29, 0.717) is 33.9 Å². The van der Waals surface area contributed by atoms with E-state index in [-0.39, 0.29) is 11.6 Å². The van der Waals surface area contributed by atoms with Gasteiger partial charge in [-0.25, -0.2) is 9.20 Å². The van der Waals surface area contributed by atoms with E-state index in [1.54, 1.807) is 28.9 Å². The summed E-state index contributed by atoms with van der Waals surface area (Å²) in [5.41, 5.74) is 2.86. The first-order valence-electron chi connectivity index (χ1n) is 12.2. The summed E-state index contributed by atoms with van der Waals surface area (Å²) in [7, 11) is 1.54. The van der Waals surface area contributed by atoms with Crippen LogP contribution in [0.25, 0.3) is 27.7 Å². The lowest BCUT2D eigenvalue weighted by molar-refractivity contribution is -0.142. The predicted octanol–water partition coefficient (Wildman–Crippen LogP) is 3.38. The summed E-state index contributed by atoms with van der Waals surface area (Å²) in [5, 5.41) is 15.6. The van der Waals surface area contributed by atoms with Crippen molar-refractivity contribution < 1.29 is 22.6 Å². The number of fused-ring (bicyclic) bond motifs is 2. The molecule has 1 aromatic carbocycles. The number of benzene rings is 1. The molecule has 13 heteroatoms. The van der Waals surface area contributed by atoms with Crippen molar-refractivity contribution in [1.29, 1.82) is 0 Å². The number of halogens is 3. The molecule has 37 heavy (non-hydrogen) atoms. The van der Waals surface area contributed by atoms with Crippen molar-refractivity contribution in [3.05, 3.63) is 30.5 Å². The molecule has 2 saturated heterocycles. The molecule has 4 aromatic rings. The third kappa shape index (κ3) is 4.46. The maximum Gasteiger partial charge on any atom is 0.408 e. The SMILES string of the molecule is COc1nc(NC2CCN(C3(C)COC3)CC2)nn2ccc(-c3ccc4nnn(CC(F)(F)F)c4c3)c12. The summed E-state index contributed by atoms with van der Waals surface area (Å²) in [6.45, 7) is 4.56. The average Bonchev–Trinajstić information content (AvgIpc) is 3.45. The Morgan fingerprint density at radius 1 is 1.19 bits per heavy atom. The zero-order chi connectivity index (χ0) is 25.8. The van der Waals surface area contributed by atoms with Gasteiger partial charge in [0.2, 0.25) is 11.8 Å². The molecular formula is C24H27F3N8O2. The minimum absolute atomic E-state index is 0.147. The van der Waals surface area contributed by atoms with Gasteiger partial charge in [0.25, 0.3) is 0 Å². The van der Waals surface area contributed by atoms with Crippen LogP contribution in [0.2, 0.25) is 0 Å². The molecule has 196 valence electrons. The lowest BCUT2D eigenvalue weighted by Crippen LogP contribution is -2.62. The molecule has 2 aliphatic heterocycles. The van der Waals surface area contributed by atoms with Crippen LogP contribution < -0.4 is 10.1 Å². The van der Waals surface area contributed by atoms with Crippen LogP contribution in [0.15, 0.2) is 30.5 Å². The first kappa shape index (κ1) is 23.9. The van der Waals surface area contributed by atoms with Gasteiger partial charge in [0.1, 0.15) is 17.6 Å². The highest BCUT2D eigenvalue weighted by Crippen LogP contribution is 2.34. The van der Waals surface area contributed by atoms with Crippen LogP contribution in [0.3, 0.4) is 0 Å². The number of methoxy groups -OCH3 is 1. The number of hydrogen-bond acceptors (Lipinski definition) is 8. The van der Waals surface area contributed by atoms with Crippen LogP contribution >= 0.6 is 0 Å². The molecule has 2 aliphatic rings. The van der Waals surface area contributed by atoms with E-state index in [9.17, 15) is 13.2 Å². The maximum atomic E-state index is 13.0. The Kier molecular flexibility index (Phi) is 5.71. The summed E-state index contributed by atoms with van der Waals surface area (Å²) in [4.78, 5) is 7.10. The Morgan fingerprint density at radius 3 is 2.65 bits per heavy atom. The van der Waals surface area contributed by atoms with Gasteiger partial charge in [-0.05, 0) is 43.5 Å². The van der Waals surface area contributed by atoms with E-state index >= 15 is 0 Å². The minimum atomic E-state index is -4.40. The highest BCUT2D eigenvalue weighted by Gasteiger charge is 2.40. The minimum Gasteiger partial charge on any atom is -0.479 e. The van der Waals surface area contributed by atoms with Crippen LogP contribution in [-0.2, 0) is 11.3 Å². The Labute approximate surface area is 210 Å². The van der Waals surface area contributed by atoms with Crippen molar-refractivity contribution in [3.8, 4) is 17.0 Å². The largest absolute Gasteiger partial charge is 0.479 e. The number of ether oxygens (including phenoxy) is 2. The fourth-order valence-corrected chi connectivity index (χ4v) is 5.17. The molecule has 0 saturated carbocycles. The fourth-order valence-electron chi connectivity index (χ4n) is 5.17. The van der Waals surface area contributed by atoms with E-state index in [1.165, 1.54) is 7.11 Å². The van der Waals surface area contributed by atoms with Gasteiger partial charge in [-0.2, -0.15) is 18.2 Å². The van der Waals surface area contributed by atoms with Gasteiger partial charge < -0.3 is 14.8 Å². The number of nitrogens with zero attached hydrogens (tertiary/aromatic N) is 7. The first-order chi connectivity index (χ1) is 17.7. The number of nitrogens with one attached hydrogen (secondary N) is 1. The Balaban J connectivity index is 1.26. The zero-order valence-electron chi connectivity index (χ0n) is 20.5. The van der Waals surface area contributed by atoms with Crippen LogP contribution in [-0.4, -0.2) is 85.7 Å². The van der Waals surface area contributed by atoms with Gasteiger partial charge in [0.05, 0.1) is 31.4 Å². The summed E-state index contributed by atoms with van der Waals surface area (Å²) in [6.07, 6.45) is -0.679. The molecule has 5 heterocycles. The molecule has 0 atom stereocenters. The summed E-state index contributed by atoms with van der Waals surface area (Å²) in [6, 6.07) is 7.16. The molecule has 0 spiro atoms. The molecule has 0 aliphatic carbocycles. The zero-order valence-corrected chi connectivity index (χ0v) is 20.5. The summed E-state index contributed by atoms with van der Waals surface area (Å²) in [5.74, 6) is 0.835. The van der Waals surface area contributed by atoms with Crippen molar-refractivity contribution in [3.63, 3.8) is 0 Å². The van der Waals surface area contributed by atoms with E-state index in [1.807, 2.05) is 6.07 Å². The second kappa shape index (κ2) is 8.84. The number of aromatic nitrogens is 6. The molecule has 1 N–H and O–H groups in total. The van der Waals surface area contributed by atoms with Crippen LogP contribution in [0, 0.1) is 0 Å². The van der Waals surface area contributed by atoms with Gasteiger partial charge in [-0.15, -0.1) is 10.2 Å². The molecule has 10 nitrogen and oxygen atoms in total. The second-order valence-corrected chi connectivity index (χ2v) is 9.93. The Hall–Kier alpha value is -3.45. The van der Waals surface area contributed by atoms with Crippen molar-refractivity contribution >= 4 is 22.5 Å². The van der Waals surface area contributed by atoms with E-state index in [4.69, 9.17) is 9.47 Å². The molecular weight excluding hydrogens is 489 g/mol. The van der Waals surface area contributed by atoms with E-state index in [2.05, 4.69) is 37.5 Å². The average molecular weight is 517 g/mol. The molecule has 2 fully saturated rings. The molecule has 6 rings (SSSR count). The monoisotopic (exact) mass is 516 g/mol. The number of piperidine rings is 1. The van der Waals surface area contributed by atoms with E-state index < -0.39 is 12.7 Å². The standard InChI is InChI=1S/C24H27F3N8O2/c1-23(13-37-14-23)33-8-5-16(6-9-33)28-22-29-21(36-2)20-17(7-10-34(20)31-22)15-3-4-18-19(11-15)35(32-30-18)12-24(25,26)27/h3-4,7,10-11,16H,5-6,8-9,12-14H2,1-2H3,(H,28,31). The fraction of sp³-hybridized carbons (Fsp3) is 0.500. The molecule has 0 radical (unpaired) electrons. The highest BCUT2D eigenvalue weighted by atomic mass is 19.4. The highest BCUT2D eigenvalue weighted by molar-refractivity contribution is 5.89. The lowest BCUT2D eigenvalue weighted by atomic mass is 9.93. The smallest absolute Gasteiger partial charge is 0.408 e. The van der Waals surface area contributed by atoms with Crippen molar-refractivity contribution in [1.82, 2.24) is 34.5 Å². The number of anilines is 1. The van der Waals surface area contributed by atoms with Gasteiger partial charge in [0, 0.05) is 30.9 Å². The first-order valence-corrected chi connectivity index (χ1v) is 12.2. The number of rotatable bonds is 6. The number of hydrogen-bond donors (Lipinski definition) is 1. The maximum absolute atomic E-state index is 13.0. The van der Waals surface area contributed by atoms with Crippen molar-refractivity contribution in [2.45, 2.75) is 44.1 Å². The van der Waals surface area contributed by atoms with Gasteiger partial charge >= 0.3 is 6.18 Å². The third-order valence-electron chi connectivity index (χ3n) is 7.24. The molecule has 0 bridgehead atoms. The van der Waals surface area contributed by atoms with Crippen molar-refractivity contribution in [2.75, 3.05) is 38.7 Å². The third-order valence-corrected chi connectivity index (χ3v) is 7.24. The van der Waals surface area contributed by atoms with Crippen LogP contribution in [0.4, 0.5) is 19.1 Å². The topological polar surface area (TPSA) is 94.6 Å². The van der Waals surface area contributed by atoms with Crippen LogP contribution in [0.5, 0.6) is 5.88 Å². The van der Waals surface area contributed by atoms with E-state index in [0.717, 1.165) is 49.4 Å². The molecule has 0 unspecified atom stereocenters. The van der Waals surface area contributed by atoms with Crippen molar-refractivity contribution in [2.24, 2.45) is 0 Å². The quantitative estimate of drug-likeness (QED) is 0.417. The van der Waals surface area contributed by atoms with Gasteiger partial charge in [-0.3, -0.25) is 4.90 Å².